The molecule has 2 rings (SSSR count). The SMILES string of the molecule is Cc1cc(C(=N)N)cc(N2CCC(C)CC2)n1. The van der Waals surface area contributed by atoms with E-state index in [0.29, 0.717) is 0 Å². The summed E-state index contributed by atoms with van der Waals surface area (Å²) in [6, 6.07) is 3.78. The highest BCUT2D eigenvalue weighted by molar-refractivity contribution is 5.95. The van der Waals surface area contributed by atoms with Gasteiger partial charge in [-0.15, -0.1) is 0 Å². The zero-order valence-corrected chi connectivity index (χ0v) is 10.5. The summed E-state index contributed by atoms with van der Waals surface area (Å²) < 4.78 is 0. The minimum atomic E-state index is 0.113. The first-order chi connectivity index (χ1) is 8.06. The third kappa shape index (κ3) is 2.75. The summed E-state index contributed by atoms with van der Waals surface area (Å²) in [5, 5.41) is 7.51. The average Bonchev–Trinajstić information content (AvgIpc) is 2.29. The molecule has 0 amide bonds. The van der Waals surface area contributed by atoms with Crippen LogP contribution in [0.2, 0.25) is 0 Å². The lowest BCUT2D eigenvalue weighted by atomic mass is 9.99. The lowest BCUT2D eigenvalue weighted by Crippen LogP contribution is -2.33. The van der Waals surface area contributed by atoms with E-state index in [4.69, 9.17) is 11.1 Å². The monoisotopic (exact) mass is 232 g/mol. The molecule has 92 valence electrons. The van der Waals surface area contributed by atoms with Crippen LogP contribution in [0.1, 0.15) is 31.0 Å². The maximum absolute atomic E-state index is 7.51. The first kappa shape index (κ1) is 11.9. The van der Waals surface area contributed by atoms with Crippen LogP contribution in [0.25, 0.3) is 0 Å². The van der Waals surface area contributed by atoms with Crippen molar-refractivity contribution in [2.45, 2.75) is 26.7 Å². The number of amidine groups is 1. The number of rotatable bonds is 2. The molecule has 1 aliphatic rings. The van der Waals surface area contributed by atoms with Crippen molar-refractivity contribution in [1.82, 2.24) is 4.98 Å². The van der Waals surface area contributed by atoms with Gasteiger partial charge in [-0.2, -0.15) is 0 Å². The second-order valence-corrected chi connectivity index (χ2v) is 4.94. The predicted molar refractivity (Wildman–Crippen MR) is 70.6 cm³/mol. The highest BCUT2D eigenvalue weighted by Crippen LogP contribution is 2.22. The zero-order chi connectivity index (χ0) is 12.4. The van der Waals surface area contributed by atoms with E-state index in [9.17, 15) is 0 Å². The number of pyridine rings is 1. The Bertz CT molecular complexity index is 419. The van der Waals surface area contributed by atoms with Gasteiger partial charge in [-0.25, -0.2) is 4.98 Å². The van der Waals surface area contributed by atoms with Crippen molar-refractivity contribution in [1.29, 1.82) is 5.41 Å². The summed E-state index contributed by atoms with van der Waals surface area (Å²) in [5.74, 6) is 1.88. The van der Waals surface area contributed by atoms with E-state index >= 15 is 0 Å². The van der Waals surface area contributed by atoms with Gasteiger partial charge < -0.3 is 10.6 Å². The number of piperidine rings is 1. The van der Waals surface area contributed by atoms with Crippen LogP contribution in [0, 0.1) is 18.3 Å². The fourth-order valence-electron chi connectivity index (χ4n) is 2.21. The van der Waals surface area contributed by atoms with Crippen LogP contribution < -0.4 is 10.6 Å². The van der Waals surface area contributed by atoms with Crippen LogP contribution in [0.5, 0.6) is 0 Å². The predicted octanol–water partition coefficient (Wildman–Crippen LogP) is 1.91. The average molecular weight is 232 g/mol. The normalized spacial score (nSPS) is 17.2. The summed E-state index contributed by atoms with van der Waals surface area (Å²) in [4.78, 5) is 6.83. The van der Waals surface area contributed by atoms with E-state index in [-0.39, 0.29) is 5.84 Å². The molecule has 3 N–H and O–H groups in total. The minimum Gasteiger partial charge on any atom is -0.384 e. The second-order valence-electron chi connectivity index (χ2n) is 4.94. The number of hydrogen-bond donors (Lipinski definition) is 2. The lowest BCUT2D eigenvalue weighted by Gasteiger charge is -2.31. The maximum Gasteiger partial charge on any atom is 0.129 e. The Kier molecular flexibility index (Phi) is 3.31. The molecule has 2 heterocycles. The quantitative estimate of drug-likeness (QED) is 0.604. The van der Waals surface area contributed by atoms with Crippen LogP contribution in [0.15, 0.2) is 12.1 Å². The van der Waals surface area contributed by atoms with Gasteiger partial charge in [-0.05, 0) is 37.8 Å². The molecule has 1 aliphatic heterocycles. The van der Waals surface area contributed by atoms with Crippen LogP contribution in [-0.4, -0.2) is 23.9 Å². The number of anilines is 1. The van der Waals surface area contributed by atoms with Gasteiger partial charge in [0, 0.05) is 24.3 Å². The maximum atomic E-state index is 7.51. The van der Waals surface area contributed by atoms with E-state index < -0.39 is 0 Å². The summed E-state index contributed by atoms with van der Waals surface area (Å²) in [6.45, 7) is 6.34. The molecule has 1 saturated heterocycles. The molecule has 0 saturated carbocycles. The van der Waals surface area contributed by atoms with Crippen molar-refractivity contribution in [3.05, 3.63) is 23.4 Å². The first-order valence-electron chi connectivity index (χ1n) is 6.14. The molecular formula is C13H20N4. The van der Waals surface area contributed by atoms with Crippen LogP contribution >= 0.6 is 0 Å². The van der Waals surface area contributed by atoms with Crippen LogP contribution in [0.3, 0.4) is 0 Å². The van der Waals surface area contributed by atoms with Gasteiger partial charge in [-0.1, -0.05) is 6.92 Å². The molecule has 1 fully saturated rings. The topological polar surface area (TPSA) is 66.0 Å². The summed E-state index contributed by atoms with van der Waals surface area (Å²) in [7, 11) is 0. The van der Waals surface area contributed by atoms with Gasteiger partial charge in [0.15, 0.2) is 0 Å². The van der Waals surface area contributed by atoms with Crippen molar-refractivity contribution >= 4 is 11.7 Å². The molecule has 0 spiro atoms. The Morgan fingerprint density at radius 1 is 1.41 bits per heavy atom. The van der Waals surface area contributed by atoms with E-state index in [2.05, 4.69) is 16.8 Å². The van der Waals surface area contributed by atoms with Crippen molar-refractivity contribution in [3.63, 3.8) is 0 Å². The van der Waals surface area contributed by atoms with E-state index in [1.807, 2.05) is 19.1 Å². The Morgan fingerprint density at radius 3 is 2.65 bits per heavy atom. The first-order valence-corrected chi connectivity index (χ1v) is 6.14. The van der Waals surface area contributed by atoms with Gasteiger partial charge in [0.05, 0.1) is 0 Å². The Labute approximate surface area is 102 Å². The van der Waals surface area contributed by atoms with Crippen LogP contribution in [0.4, 0.5) is 5.82 Å². The molecule has 0 aromatic carbocycles. The standard InChI is InChI=1S/C13H20N4/c1-9-3-5-17(6-4-9)12-8-11(13(14)15)7-10(2)16-12/h7-9H,3-6H2,1-2H3,(H3,14,15). The zero-order valence-electron chi connectivity index (χ0n) is 10.5. The highest BCUT2D eigenvalue weighted by Gasteiger charge is 2.17. The Morgan fingerprint density at radius 2 is 2.06 bits per heavy atom. The molecule has 0 atom stereocenters. The Hall–Kier alpha value is -1.58. The number of nitrogens with two attached hydrogens (primary N) is 1. The van der Waals surface area contributed by atoms with Crippen molar-refractivity contribution < 1.29 is 0 Å². The fraction of sp³-hybridized carbons (Fsp3) is 0.538. The smallest absolute Gasteiger partial charge is 0.129 e. The van der Waals surface area contributed by atoms with E-state index in [0.717, 1.165) is 36.1 Å². The van der Waals surface area contributed by atoms with E-state index in [1.54, 1.807) is 0 Å². The third-order valence-corrected chi connectivity index (χ3v) is 3.36. The molecule has 4 heteroatoms. The number of hydrogen-bond acceptors (Lipinski definition) is 3. The summed E-state index contributed by atoms with van der Waals surface area (Å²) in [6.07, 6.45) is 2.43. The molecule has 0 bridgehead atoms. The number of aryl methyl sites for hydroxylation is 1. The Balaban J connectivity index is 2.23. The molecule has 0 radical (unpaired) electrons. The number of nitrogens with one attached hydrogen (secondary N) is 1. The van der Waals surface area contributed by atoms with Crippen LogP contribution in [-0.2, 0) is 0 Å². The molecule has 17 heavy (non-hydrogen) atoms. The number of aromatic nitrogens is 1. The number of nitrogens with zero attached hydrogens (tertiary/aromatic N) is 2. The molecule has 1 aromatic rings. The molecular weight excluding hydrogens is 212 g/mol. The highest BCUT2D eigenvalue weighted by atomic mass is 15.2. The minimum absolute atomic E-state index is 0.113. The van der Waals surface area contributed by atoms with Gasteiger partial charge in [0.25, 0.3) is 0 Å². The molecule has 1 aromatic heterocycles. The lowest BCUT2D eigenvalue weighted by molar-refractivity contribution is 0.436. The van der Waals surface area contributed by atoms with Crippen molar-refractivity contribution in [3.8, 4) is 0 Å². The van der Waals surface area contributed by atoms with Crippen molar-refractivity contribution in [2.24, 2.45) is 11.7 Å². The van der Waals surface area contributed by atoms with Crippen molar-refractivity contribution in [2.75, 3.05) is 18.0 Å². The molecule has 0 aliphatic carbocycles. The summed E-state index contributed by atoms with van der Waals surface area (Å²) >= 11 is 0. The third-order valence-electron chi connectivity index (χ3n) is 3.36. The molecule has 0 unspecified atom stereocenters. The van der Waals surface area contributed by atoms with E-state index in [1.165, 1.54) is 12.8 Å². The van der Waals surface area contributed by atoms with Gasteiger partial charge in [-0.3, -0.25) is 5.41 Å². The fourth-order valence-corrected chi connectivity index (χ4v) is 2.21. The second kappa shape index (κ2) is 4.73. The van der Waals surface area contributed by atoms with Gasteiger partial charge in [0.2, 0.25) is 0 Å². The summed E-state index contributed by atoms with van der Waals surface area (Å²) in [5.41, 5.74) is 7.23. The van der Waals surface area contributed by atoms with Gasteiger partial charge >= 0.3 is 0 Å². The molecule has 4 nitrogen and oxygen atoms in total. The largest absolute Gasteiger partial charge is 0.384 e. The van der Waals surface area contributed by atoms with Gasteiger partial charge in [0.1, 0.15) is 11.7 Å². The number of nitrogen functional groups attached to an aromatic ring is 1.